The molecular formula is C16H23N5. The summed E-state index contributed by atoms with van der Waals surface area (Å²) in [5.74, 6) is 0. The lowest BCUT2D eigenvalue weighted by molar-refractivity contribution is 0.259. The Hall–Kier alpha value is -2.01. The molecule has 1 aliphatic heterocycles. The van der Waals surface area contributed by atoms with E-state index in [0.717, 1.165) is 44.8 Å². The van der Waals surface area contributed by atoms with Crippen LogP contribution in [0, 0.1) is 0 Å². The fraction of sp³-hybridized carbons (Fsp3) is 0.438. The fourth-order valence-corrected chi connectivity index (χ4v) is 2.83. The van der Waals surface area contributed by atoms with E-state index in [-0.39, 0.29) is 0 Å². The highest BCUT2D eigenvalue weighted by atomic mass is 15.3. The Bertz CT molecular complexity index is 567. The topological polar surface area (TPSA) is 50.3 Å². The van der Waals surface area contributed by atoms with Crippen molar-refractivity contribution in [2.24, 2.45) is 7.05 Å². The van der Waals surface area contributed by atoms with E-state index < -0.39 is 0 Å². The third-order valence-electron chi connectivity index (χ3n) is 4.24. The van der Waals surface area contributed by atoms with Crippen molar-refractivity contribution in [2.75, 3.05) is 43.4 Å². The minimum absolute atomic E-state index is 0.827. The molecule has 2 heterocycles. The van der Waals surface area contributed by atoms with Crippen LogP contribution >= 0.6 is 0 Å². The second-order valence-electron chi connectivity index (χ2n) is 5.62. The number of anilines is 2. The number of piperazine rings is 1. The Morgan fingerprint density at radius 2 is 1.76 bits per heavy atom. The van der Waals surface area contributed by atoms with Crippen molar-refractivity contribution in [1.29, 1.82) is 0 Å². The second kappa shape index (κ2) is 6.18. The molecule has 2 aromatic rings. The molecule has 0 saturated carbocycles. The molecule has 0 amide bonds. The summed E-state index contributed by atoms with van der Waals surface area (Å²) < 4.78 is 1.96. The normalized spacial score (nSPS) is 16.3. The molecule has 0 atom stereocenters. The Kier molecular flexibility index (Phi) is 4.10. The van der Waals surface area contributed by atoms with E-state index in [1.807, 2.05) is 30.1 Å². The van der Waals surface area contributed by atoms with Gasteiger partial charge in [0.1, 0.15) is 0 Å². The van der Waals surface area contributed by atoms with Gasteiger partial charge in [0, 0.05) is 69.5 Å². The number of aryl methyl sites for hydroxylation is 1. The van der Waals surface area contributed by atoms with E-state index in [2.05, 4.69) is 33.1 Å². The van der Waals surface area contributed by atoms with Crippen molar-refractivity contribution in [3.8, 4) is 0 Å². The summed E-state index contributed by atoms with van der Waals surface area (Å²) in [6.45, 7) is 5.49. The van der Waals surface area contributed by atoms with Crippen LogP contribution in [0.1, 0.15) is 5.69 Å². The summed E-state index contributed by atoms with van der Waals surface area (Å²) in [5, 5.41) is 4.22. The average Bonchev–Trinajstić information content (AvgIpc) is 2.92. The van der Waals surface area contributed by atoms with Crippen molar-refractivity contribution in [1.82, 2.24) is 14.7 Å². The Morgan fingerprint density at radius 3 is 2.38 bits per heavy atom. The van der Waals surface area contributed by atoms with Gasteiger partial charge in [-0.25, -0.2) is 0 Å². The second-order valence-corrected chi connectivity index (χ2v) is 5.62. The average molecular weight is 285 g/mol. The van der Waals surface area contributed by atoms with Crippen molar-refractivity contribution < 1.29 is 0 Å². The number of benzene rings is 1. The van der Waals surface area contributed by atoms with Crippen molar-refractivity contribution in [3.63, 3.8) is 0 Å². The molecule has 0 unspecified atom stereocenters. The third-order valence-corrected chi connectivity index (χ3v) is 4.24. The highest BCUT2D eigenvalue weighted by Gasteiger charge is 2.17. The molecule has 0 radical (unpaired) electrons. The number of hydrogen-bond acceptors (Lipinski definition) is 4. The number of nitrogens with zero attached hydrogens (tertiary/aromatic N) is 4. The van der Waals surface area contributed by atoms with Gasteiger partial charge in [-0.3, -0.25) is 9.58 Å². The van der Waals surface area contributed by atoms with Gasteiger partial charge in [0.05, 0.1) is 0 Å². The fourth-order valence-electron chi connectivity index (χ4n) is 2.83. The van der Waals surface area contributed by atoms with Gasteiger partial charge in [-0.05, 0) is 30.3 Å². The number of nitrogens with two attached hydrogens (primary N) is 1. The quantitative estimate of drug-likeness (QED) is 0.862. The standard InChI is InChI=1S/C16H23N5/c1-19-15(6-8-18-19)7-9-20-10-12-21(13-11-20)16-4-2-14(17)3-5-16/h2-6,8H,7,9-13,17H2,1H3. The van der Waals surface area contributed by atoms with E-state index >= 15 is 0 Å². The first-order valence-corrected chi connectivity index (χ1v) is 7.52. The molecule has 0 aliphatic carbocycles. The summed E-state index contributed by atoms with van der Waals surface area (Å²) in [7, 11) is 2.01. The van der Waals surface area contributed by atoms with Gasteiger partial charge in [0.25, 0.3) is 0 Å². The summed E-state index contributed by atoms with van der Waals surface area (Å²) in [6.07, 6.45) is 2.94. The van der Waals surface area contributed by atoms with Crippen molar-refractivity contribution in [2.45, 2.75) is 6.42 Å². The van der Waals surface area contributed by atoms with E-state index in [1.165, 1.54) is 11.4 Å². The first-order chi connectivity index (χ1) is 10.2. The van der Waals surface area contributed by atoms with E-state index in [1.54, 1.807) is 0 Å². The first kappa shape index (κ1) is 13.9. The molecule has 21 heavy (non-hydrogen) atoms. The van der Waals surface area contributed by atoms with Gasteiger partial charge in [-0.15, -0.1) is 0 Å². The van der Waals surface area contributed by atoms with Crippen molar-refractivity contribution in [3.05, 3.63) is 42.2 Å². The van der Waals surface area contributed by atoms with Crippen LogP contribution in [-0.2, 0) is 13.5 Å². The van der Waals surface area contributed by atoms with Gasteiger partial charge < -0.3 is 10.6 Å². The molecule has 0 bridgehead atoms. The van der Waals surface area contributed by atoms with Crippen LogP contribution in [0.3, 0.4) is 0 Å². The van der Waals surface area contributed by atoms with Gasteiger partial charge >= 0.3 is 0 Å². The number of aromatic nitrogens is 2. The zero-order chi connectivity index (χ0) is 14.7. The maximum atomic E-state index is 5.74. The molecular weight excluding hydrogens is 262 g/mol. The molecule has 5 nitrogen and oxygen atoms in total. The van der Waals surface area contributed by atoms with E-state index in [9.17, 15) is 0 Å². The minimum Gasteiger partial charge on any atom is -0.399 e. The maximum Gasteiger partial charge on any atom is 0.0492 e. The van der Waals surface area contributed by atoms with E-state index in [4.69, 9.17) is 5.73 Å². The van der Waals surface area contributed by atoms with Crippen LogP contribution in [0.2, 0.25) is 0 Å². The lowest BCUT2D eigenvalue weighted by Gasteiger charge is -2.36. The van der Waals surface area contributed by atoms with Gasteiger partial charge in [-0.1, -0.05) is 0 Å². The molecule has 3 rings (SSSR count). The summed E-state index contributed by atoms with van der Waals surface area (Å²) in [4.78, 5) is 4.96. The molecule has 2 N–H and O–H groups in total. The molecule has 1 fully saturated rings. The molecule has 1 aliphatic rings. The van der Waals surface area contributed by atoms with E-state index in [0.29, 0.717) is 0 Å². The number of nitrogen functional groups attached to an aromatic ring is 1. The zero-order valence-corrected chi connectivity index (χ0v) is 12.6. The number of hydrogen-bond donors (Lipinski definition) is 1. The van der Waals surface area contributed by atoms with Crippen molar-refractivity contribution >= 4 is 11.4 Å². The molecule has 1 aromatic heterocycles. The van der Waals surface area contributed by atoms with Gasteiger partial charge in [0.2, 0.25) is 0 Å². The molecule has 112 valence electrons. The first-order valence-electron chi connectivity index (χ1n) is 7.52. The largest absolute Gasteiger partial charge is 0.399 e. The zero-order valence-electron chi connectivity index (χ0n) is 12.6. The maximum absolute atomic E-state index is 5.74. The Labute approximate surface area is 126 Å². The SMILES string of the molecule is Cn1nccc1CCN1CCN(c2ccc(N)cc2)CC1. The van der Waals surface area contributed by atoms with Crippen LogP contribution in [0.5, 0.6) is 0 Å². The molecule has 1 aromatic carbocycles. The summed E-state index contributed by atoms with van der Waals surface area (Å²) >= 11 is 0. The van der Waals surface area contributed by atoms with Crippen LogP contribution in [0.25, 0.3) is 0 Å². The highest BCUT2D eigenvalue weighted by molar-refractivity contribution is 5.53. The minimum atomic E-state index is 0.827. The lowest BCUT2D eigenvalue weighted by atomic mass is 10.2. The van der Waals surface area contributed by atoms with Gasteiger partial charge in [0.15, 0.2) is 0 Å². The van der Waals surface area contributed by atoms with Crippen LogP contribution in [-0.4, -0.2) is 47.4 Å². The third kappa shape index (κ3) is 3.36. The summed E-state index contributed by atoms with van der Waals surface area (Å²) in [5.41, 5.74) is 9.15. The van der Waals surface area contributed by atoms with Crippen LogP contribution in [0.4, 0.5) is 11.4 Å². The monoisotopic (exact) mass is 285 g/mol. The predicted octanol–water partition coefficient (Wildman–Crippen LogP) is 1.37. The highest BCUT2D eigenvalue weighted by Crippen LogP contribution is 2.18. The van der Waals surface area contributed by atoms with Crippen LogP contribution in [0.15, 0.2) is 36.5 Å². The summed E-state index contributed by atoms with van der Waals surface area (Å²) in [6, 6.07) is 10.3. The Balaban J connectivity index is 1.49. The smallest absolute Gasteiger partial charge is 0.0492 e. The van der Waals surface area contributed by atoms with Gasteiger partial charge in [-0.2, -0.15) is 5.10 Å². The molecule has 5 heteroatoms. The molecule has 0 spiro atoms. The molecule has 1 saturated heterocycles. The number of rotatable bonds is 4. The predicted molar refractivity (Wildman–Crippen MR) is 86.4 cm³/mol. The lowest BCUT2D eigenvalue weighted by Crippen LogP contribution is -2.47. The van der Waals surface area contributed by atoms with Crippen LogP contribution < -0.4 is 10.6 Å². The Morgan fingerprint density at radius 1 is 1.05 bits per heavy atom.